The minimum Gasteiger partial charge on any atom is -0.495 e. The lowest BCUT2D eigenvalue weighted by Gasteiger charge is -2.36. The first kappa shape index (κ1) is 17.8. The summed E-state index contributed by atoms with van der Waals surface area (Å²) in [5, 5.41) is 6.60. The lowest BCUT2D eigenvalue weighted by molar-refractivity contribution is -0.116. The van der Waals surface area contributed by atoms with Crippen LogP contribution in [0.1, 0.15) is 46.5 Å². The Labute approximate surface area is 140 Å². The molecule has 4 heteroatoms. The van der Waals surface area contributed by atoms with Crippen molar-refractivity contribution in [2.24, 2.45) is 11.8 Å². The molecule has 1 amide bonds. The number of methoxy groups -OCH3 is 1. The van der Waals surface area contributed by atoms with Crippen molar-refractivity contribution < 1.29 is 9.53 Å². The van der Waals surface area contributed by atoms with Crippen LogP contribution in [0.4, 0.5) is 5.69 Å². The molecule has 0 unspecified atom stereocenters. The maximum absolute atomic E-state index is 12.3. The molecule has 0 saturated heterocycles. The van der Waals surface area contributed by atoms with E-state index in [2.05, 4.69) is 31.4 Å². The Morgan fingerprint density at radius 2 is 2.04 bits per heavy atom. The van der Waals surface area contributed by atoms with Gasteiger partial charge in [-0.3, -0.25) is 4.79 Å². The van der Waals surface area contributed by atoms with E-state index in [9.17, 15) is 4.79 Å². The van der Waals surface area contributed by atoms with E-state index in [4.69, 9.17) is 4.74 Å². The molecule has 4 nitrogen and oxygen atoms in total. The Hall–Kier alpha value is -1.55. The molecular formula is C19H30N2O2. The minimum absolute atomic E-state index is 0.0195. The lowest BCUT2D eigenvalue weighted by atomic mass is 9.78. The van der Waals surface area contributed by atoms with Crippen molar-refractivity contribution in [2.75, 3.05) is 12.4 Å². The number of hydrogen-bond donors (Lipinski definition) is 2. The molecule has 0 spiro atoms. The van der Waals surface area contributed by atoms with Crippen molar-refractivity contribution in [1.29, 1.82) is 0 Å². The average molecular weight is 318 g/mol. The van der Waals surface area contributed by atoms with Crippen molar-refractivity contribution in [3.8, 4) is 5.75 Å². The fourth-order valence-corrected chi connectivity index (χ4v) is 3.47. The quantitative estimate of drug-likeness (QED) is 0.838. The van der Waals surface area contributed by atoms with Crippen LogP contribution < -0.4 is 15.4 Å². The molecule has 1 aliphatic carbocycles. The van der Waals surface area contributed by atoms with E-state index < -0.39 is 0 Å². The maximum Gasteiger partial charge on any atom is 0.226 e. The average Bonchev–Trinajstić information content (AvgIpc) is 2.52. The van der Waals surface area contributed by atoms with E-state index in [0.29, 0.717) is 24.1 Å². The zero-order valence-electron chi connectivity index (χ0n) is 14.8. The molecule has 1 saturated carbocycles. The number of nitrogens with one attached hydrogen (secondary N) is 2. The molecule has 128 valence electrons. The Morgan fingerprint density at radius 1 is 1.30 bits per heavy atom. The molecule has 0 bridgehead atoms. The number of anilines is 1. The van der Waals surface area contributed by atoms with Gasteiger partial charge in [0.15, 0.2) is 0 Å². The predicted octanol–water partition coefficient (Wildman–Crippen LogP) is 3.83. The first-order valence-electron chi connectivity index (χ1n) is 8.70. The van der Waals surface area contributed by atoms with Crippen molar-refractivity contribution in [1.82, 2.24) is 5.32 Å². The van der Waals surface area contributed by atoms with Crippen molar-refractivity contribution in [2.45, 2.75) is 58.5 Å². The van der Waals surface area contributed by atoms with Gasteiger partial charge in [0.2, 0.25) is 5.91 Å². The molecule has 4 atom stereocenters. The number of benzene rings is 1. The Balaban J connectivity index is 1.85. The summed E-state index contributed by atoms with van der Waals surface area (Å²) < 4.78 is 5.27. The van der Waals surface area contributed by atoms with Gasteiger partial charge in [-0.05, 0) is 37.3 Å². The molecule has 0 aromatic heterocycles. The minimum atomic E-state index is 0.0195. The van der Waals surface area contributed by atoms with Crippen LogP contribution in [0, 0.1) is 11.8 Å². The van der Waals surface area contributed by atoms with Gasteiger partial charge in [-0.2, -0.15) is 0 Å². The molecule has 1 aromatic rings. The number of ether oxygens (including phenoxy) is 1. The zero-order valence-corrected chi connectivity index (χ0v) is 14.8. The molecule has 2 rings (SSSR count). The summed E-state index contributed by atoms with van der Waals surface area (Å²) in [6, 6.07) is 8.19. The van der Waals surface area contributed by atoms with Gasteiger partial charge in [0.25, 0.3) is 0 Å². The molecule has 0 heterocycles. The monoisotopic (exact) mass is 318 g/mol. The van der Waals surface area contributed by atoms with Crippen LogP contribution in [0.25, 0.3) is 0 Å². The topological polar surface area (TPSA) is 50.4 Å². The summed E-state index contributed by atoms with van der Waals surface area (Å²) >= 11 is 0. The van der Waals surface area contributed by atoms with E-state index in [0.717, 1.165) is 11.6 Å². The van der Waals surface area contributed by atoms with Crippen molar-refractivity contribution >= 4 is 11.6 Å². The second-order valence-electron chi connectivity index (χ2n) is 6.89. The standard InChI is InChI=1S/C19H30N2O2/c1-13-8-7-10-16(15(13)3)20-14(2)12-19(22)21-17-9-5-6-11-18(17)23-4/h5-6,9,11,13-16,20H,7-8,10,12H2,1-4H3,(H,21,22)/t13-,14-,15+,16+/m0/s1. The van der Waals surface area contributed by atoms with Gasteiger partial charge in [0.05, 0.1) is 12.8 Å². The first-order valence-corrected chi connectivity index (χ1v) is 8.70. The highest BCUT2D eigenvalue weighted by molar-refractivity contribution is 5.92. The Bertz CT molecular complexity index is 518. The van der Waals surface area contributed by atoms with Gasteiger partial charge in [0, 0.05) is 18.5 Å². The summed E-state index contributed by atoms with van der Waals surface area (Å²) in [6.07, 6.45) is 4.28. The van der Waals surface area contributed by atoms with E-state index >= 15 is 0 Å². The van der Waals surface area contributed by atoms with E-state index in [1.54, 1.807) is 7.11 Å². The van der Waals surface area contributed by atoms with Crippen LogP contribution in [0.15, 0.2) is 24.3 Å². The molecular weight excluding hydrogens is 288 g/mol. The number of carbonyl (C=O) groups excluding carboxylic acids is 1. The second kappa shape index (κ2) is 8.34. The fourth-order valence-electron chi connectivity index (χ4n) is 3.47. The van der Waals surface area contributed by atoms with Gasteiger partial charge in [-0.25, -0.2) is 0 Å². The summed E-state index contributed by atoms with van der Waals surface area (Å²) in [5.74, 6) is 2.14. The third kappa shape index (κ3) is 4.96. The predicted molar refractivity (Wildman–Crippen MR) is 94.8 cm³/mol. The summed E-state index contributed by atoms with van der Waals surface area (Å²) in [5.41, 5.74) is 0.729. The summed E-state index contributed by atoms with van der Waals surface area (Å²) in [4.78, 5) is 12.3. The van der Waals surface area contributed by atoms with Crippen LogP contribution >= 0.6 is 0 Å². The highest BCUT2D eigenvalue weighted by Gasteiger charge is 2.28. The molecule has 0 radical (unpaired) electrons. The maximum atomic E-state index is 12.3. The van der Waals surface area contributed by atoms with Crippen LogP contribution in [0.2, 0.25) is 0 Å². The normalized spacial score (nSPS) is 25.7. The van der Waals surface area contributed by atoms with Crippen LogP contribution in [-0.4, -0.2) is 25.1 Å². The molecule has 0 aliphatic heterocycles. The third-order valence-corrected chi connectivity index (χ3v) is 5.08. The molecule has 2 N–H and O–H groups in total. The van der Waals surface area contributed by atoms with Gasteiger partial charge >= 0.3 is 0 Å². The van der Waals surface area contributed by atoms with Gasteiger partial charge in [0.1, 0.15) is 5.75 Å². The molecule has 1 aromatic carbocycles. The smallest absolute Gasteiger partial charge is 0.226 e. The van der Waals surface area contributed by atoms with Crippen LogP contribution in [-0.2, 0) is 4.79 Å². The van der Waals surface area contributed by atoms with Gasteiger partial charge in [-0.1, -0.05) is 38.8 Å². The SMILES string of the molecule is COc1ccccc1NC(=O)C[C@H](C)N[C@@H]1CCC[C@H](C)[C@H]1C. The van der Waals surface area contributed by atoms with Gasteiger partial charge in [-0.15, -0.1) is 0 Å². The van der Waals surface area contributed by atoms with E-state index in [1.807, 2.05) is 24.3 Å². The molecule has 1 aliphatic rings. The Kier molecular flexibility index (Phi) is 6.46. The lowest BCUT2D eigenvalue weighted by Crippen LogP contribution is -2.45. The van der Waals surface area contributed by atoms with Crippen molar-refractivity contribution in [3.05, 3.63) is 24.3 Å². The molecule has 1 fully saturated rings. The van der Waals surface area contributed by atoms with Gasteiger partial charge < -0.3 is 15.4 Å². The van der Waals surface area contributed by atoms with Crippen LogP contribution in [0.5, 0.6) is 5.75 Å². The zero-order chi connectivity index (χ0) is 16.8. The van der Waals surface area contributed by atoms with E-state index in [-0.39, 0.29) is 11.9 Å². The number of carbonyl (C=O) groups is 1. The highest BCUT2D eigenvalue weighted by atomic mass is 16.5. The largest absolute Gasteiger partial charge is 0.495 e. The highest BCUT2D eigenvalue weighted by Crippen LogP contribution is 2.30. The Morgan fingerprint density at radius 3 is 2.78 bits per heavy atom. The third-order valence-electron chi connectivity index (χ3n) is 5.08. The fraction of sp³-hybridized carbons (Fsp3) is 0.632. The number of amides is 1. The van der Waals surface area contributed by atoms with Crippen LogP contribution in [0.3, 0.4) is 0 Å². The molecule has 23 heavy (non-hydrogen) atoms. The second-order valence-corrected chi connectivity index (χ2v) is 6.89. The number of para-hydroxylation sites is 2. The van der Waals surface area contributed by atoms with E-state index in [1.165, 1.54) is 19.3 Å². The number of hydrogen-bond acceptors (Lipinski definition) is 3. The summed E-state index contributed by atoms with van der Waals surface area (Å²) in [6.45, 7) is 6.74. The van der Waals surface area contributed by atoms with Crippen molar-refractivity contribution in [3.63, 3.8) is 0 Å². The first-order chi connectivity index (χ1) is 11.0. The number of rotatable bonds is 6. The summed E-state index contributed by atoms with van der Waals surface area (Å²) in [7, 11) is 1.61.